The molecule has 0 aliphatic rings. The largest absolute Gasteiger partial charge is 0.437 e. The number of ether oxygens (including phenoxy) is 1. The van der Waals surface area contributed by atoms with Crippen molar-refractivity contribution in [2.45, 2.75) is 6.92 Å². The van der Waals surface area contributed by atoms with Crippen LogP contribution in [0.15, 0.2) is 41.0 Å². The van der Waals surface area contributed by atoms with Crippen molar-refractivity contribution >= 4 is 21.6 Å². The SMILES string of the molecule is Cc1cc(Br)cc(N)c1Oc1ccccn1. The fourth-order valence-electron chi connectivity index (χ4n) is 1.41. The van der Waals surface area contributed by atoms with Crippen LogP contribution in [0.25, 0.3) is 0 Å². The summed E-state index contributed by atoms with van der Waals surface area (Å²) in [7, 11) is 0. The summed E-state index contributed by atoms with van der Waals surface area (Å²) >= 11 is 3.38. The normalized spacial score (nSPS) is 10.1. The number of nitrogen functional groups attached to an aromatic ring is 1. The van der Waals surface area contributed by atoms with Crippen molar-refractivity contribution in [2.75, 3.05) is 5.73 Å². The Morgan fingerprint density at radius 2 is 2.12 bits per heavy atom. The lowest BCUT2D eigenvalue weighted by Gasteiger charge is -2.10. The van der Waals surface area contributed by atoms with Gasteiger partial charge in [-0.2, -0.15) is 0 Å². The van der Waals surface area contributed by atoms with Gasteiger partial charge in [0.25, 0.3) is 0 Å². The third-order valence-corrected chi connectivity index (χ3v) is 2.57. The van der Waals surface area contributed by atoms with Crippen molar-refractivity contribution in [1.82, 2.24) is 4.98 Å². The second kappa shape index (κ2) is 4.53. The Kier molecular flexibility index (Phi) is 3.10. The Labute approximate surface area is 102 Å². The van der Waals surface area contributed by atoms with E-state index in [1.54, 1.807) is 12.3 Å². The standard InChI is InChI=1S/C12H11BrN2O/c1-8-6-9(13)7-10(14)12(8)16-11-4-2-3-5-15-11/h2-7H,14H2,1H3. The van der Waals surface area contributed by atoms with Crippen molar-refractivity contribution in [3.8, 4) is 11.6 Å². The third-order valence-electron chi connectivity index (χ3n) is 2.11. The minimum Gasteiger partial charge on any atom is -0.437 e. The average Bonchev–Trinajstić information content (AvgIpc) is 2.25. The second-order valence-corrected chi connectivity index (χ2v) is 4.33. The molecule has 0 spiro atoms. The molecule has 1 aromatic heterocycles. The molecule has 1 aromatic carbocycles. The average molecular weight is 279 g/mol. The van der Waals surface area contributed by atoms with Gasteiger partial charge in [-0.15, -0.1) is 0 Å². The van der Waals surface area contributed by atoms with Crippen LogP contribution in [0.3, 0.4) is 0 Å². The molecule has 0 saturated heterocycles. The fourth-order valence-corrected chi connectivity index (χ4v) is 2.00. The molecule has 3 nitrogen and oxygen atoms in total. The molecule has 0 amide bonds. The zero-order chi connectivity index (χ0) is 11.5. The number of aryl methyl sites for hydroxylation is 1. The molecule has 2 aromatic rings. The Balaban J connectivity index is 2.35. The van der Waals surface area contributed by atoms with E-state index in [4.69, 9.17) is 10.5 Å². The summed E-state index contributed by atoms with van der Waals surface area (Å²) in [4.78, 5) is 4.09. The smallest absolute Gasteiger partial charge is 0.219 e. The Bertz CT molecular complexity index is 477. The summed E-state index contributed by atoms with van der Waals surface area (Å²) in [5, 5.41) is 0. The molecule has 0 atom stereocenters. The lowest BCUT2D eigenvalue weighted by atomic mass is 10.2. The fraction of sp³-hybridized carbons (Fsp3) is 0.0833. The Hall–Kier alpha value is -1.55. The molecular formula is C12H11BrN2O. The number of nitrogens with zero attached hydrogens (tertiary/aromatic N) is 1. The highest BCUT2D eigenvalue weighted by Gasteiger charge is 2.07. The van der Waals surface area contributed by atoms with Crippen molar-refractivity contribution in [3.05, 3.63) is 46.6 Å². The first-order valence-corrected chi connectivity index (χ1v) is 5.60. The first kappa shape index (κ1) is 11.0. The highest BCUT2D eigenvalue weighted by molar-refractivity contribution is 9.10. The summed E-state index contributed by atoms with van der Waals surface area (Å²) in [5.41, 5.74) is 7.45. The van der Waals surface area contributed by atoms with Crippen LogP contribution in [0.2, 0.25) is 0 Å². The van der Waals surface area contributed by atoms with Crippen molar-refractivity contribution in [1.29, 1.82) is 0 Å². The van der Waals surface area contributed by atoms with Crippen LogP contribution in [-0.4, -0.2) is 4.98 Å². The molecule has 0 bridgehead atoms. The van der Waals surface area contributed by atoms with E-state index in [-0.39, 0.29) is 0 Å². The molecule has 1 heterocycles. The number of hydrogen-bond donors (Lipinski definition) is 1. The number of anilines is 1. The van der Waals surface area contributed by atoms with Crippen molar-refractivity contribution in [2.24, 2.45) is 0 Å². The number of benzene rings is 1. The van der Waals surface area contributed by atoms with Gasteiger partial charge in [-0.25, -0.2) is 4.98 Å². The maximum atomic E-state index is 5.89. The van der Waals surface area contributed by atoms with E-state index in [9.17, 15) is 0 Å². The van der Waals surface area contributed by atoms with Gasteiger partial charge >= 0.3 is 0 Å². The lowest BCUT2D eigenvalue weighted by Crippen LogP contribution is -1.96. The van der Waals surface area contributed by atoms with E-state index in [0.29, 0.717) is 17.3 Å². The van der Waals surface area contributed by atoms with Gasteiger partial charge < -0.3 is 10.5 Å². The molecule has 82 valence electrons. The van der Waals surface area contributed by atoms with Crippen LogP contribution in [-0.2, 0) is 0 Å². The van der Waals surface area contributed by atoms with Crippen molar-refractivity contribution < 1.29 is 4.74 Å². The van der Waals surface area contributed by atoms with Crippen LogP contribution >= 0.6 is 15.9 Å². The number of hydrogen-bond acceptors (Lipinski definition) is 3. The second-order valence-electron chi connectivity index (χ2n) is 3.41. The molecule has 0 aliphatic carbocycles. The van der Waals surface area contributed by atoms with E-state index in [1.807, 2.05) is 31.2 Å². The maximum Gasteiger partial charge on any atom is 0.219 e. The van der Waals surface area contributed by atoms with E-state index < -0.39 is 0 Å². The molecule has 0 aliphatic heterocycles. The quantitative estimate of drug-likeness (QED) is 0.855. The molecule has 16 heavy (non-hydrogen) atoms. The molecule has 2 rings (SSSR count). The first-order chi connectivity index (χ1) is 7.66. The van der Waals surface area contributed by atoms with Crippen LogP contribution in [0.4, 0.5) is 5.69 Å². The summed E-state index contributed by atoms with van der Waals surface area (Å²) in [6.07, 6.45) is 1.68. The maximum absolute atomic E-state index is 5.89. The third kappa shape index (κ3) is 2.33. The minimum absolute atomic E-state index is 0.541. The lowest BCUT2D eigenvalue weighted by molar-refractivity contribution is 0.462. The highest BCUT2D eigenvalue weighted by Crippen LogP contribution is 2.32. The first-order valence-electron chi connectivity index (χ1n) is 4.81. The molecule has 4 heteroatoms. The zero-order valence-corrected chi connectivity index (χ0v) is 10.4. The number of halogens is 1. The van der Waals surface area contributed by atoms with E-state index >= 15 is 0 Å². The van der Waals surface area contributed by atoms with Gasteiger partial charge in [0.05, 0.1) is 5.69 Å². The molecular weight excluding hydrogens is 268 g/mol. The van der Waals surface area contributed by atoms with Gasteiger partial charge in [0, 0.05) is 16.7 Å². The summed E-state index contributed by atoms with van der Waals surface area (Å²) < 4.78 is 6.58. The zero-order valence-electron chi connectivity index (χ0n) is 8.77. The van der Waals surface area contributed by atoms with E-state index in [1.165, 1.54) is 0 Å². The summed E-state index contributed by atoms with van der Waals surface area (Å²) in [5.74, 6) is 1.20. The predicted octanol–water partition coefficient (Wildman–Crippen LogP) is 3.53. The van der Waals surface area contributed by atoms with Gasteiger partial charge in [-0.1, -0.05) is 22.0 Å². The van der Waals surface area contributed by atoms with Crippen LogP contribution < -0.4 is 10.5 Å². The van der Waals surface area contributed by atoms with Gasteiger partial charge in [0.15, 0.2) is 5.75 Å². The van der Waals surface area contributed by atoms with E-state index in [0.717, 1.165) is 10.0 Å². The van der Waals surface area contributed by atoms with Crippen LogP contribution in [0.5, 0.6) is 11.6 Å². The number of nitrogens with two attached hydrogens (primary N) is 1. The van der Waals surface area contributed by atoms with Gasteiger partial charge in [-0.3, -0.25) is 0 Å². The minimum atomic E-state index is 0.541. The Morgan fingerprint density at radius 3 is 2.75 bits per heavy atom. The van der Waals surface area contributed by atoms with Gasteiger partial charge in [0.1, 0.15) is 0 Å². The number of aromatic nitrogens is 1. The molecule has 0 fully saturated rings. The van der Waals surface area contributed by atoms with E-state index in [2.05, 4.69) is 20.9 Å². The molecule has 0 saturated carbocycles. The predicted molar refractivity (Wildman–Crippen MR) is 67.6 cm³/mol. The number of pyridine rings is 1. The van der Waals surface area contributed by atoms with Gasteiger partial charge in [-0.05, 0) is 30.7 Å². The van der Waals surface area contributed by atoms with Crippen LogP contribution in [0.1, 0.15) is 5.56 Å². The number of rotatable bonds is 2. The topological polar surface area (TPSA) is 48.1 Å². The van der Waals surface area contributed by atoms with Gasteiger partial charge in [0.2, 0.25) is 5.88 Å². The summed E-state index contributed by atoms with van der Waals surface area (Å²) in [6, 6.07) is 9.26. The molecule has 0 radical (unpaired) electrons. The van der Waals surface area contributed by atoms with Crippen molar-refractivity contribution in [3.63, 3.8) is 0 Å². The summed E-state index contributed by atoms with van der Waals surface area (Å²) in [6.45, 7) is 1.94. The monoisotopic (exact) mass is 278 g/mol. The molecule has 2 N–H and O–H groups in total. The Morgan fingerprint density at radius 1 is 1.31 bits per heavy atom. The van der Waals surface area contributed by atoms with Crippen LogP contribution in [0, 0.1) is 6.92 Å². The molecule has 0 unspecified atom stereocenters. The highest BCUT2D eigenvalue weighted by atomic mass is 79.9.